The van der Waals surface area contributed by atoms with Gasteiger partial charge in [-0.25, -0.2) is 0 Å². The zero-order chi connectivity index (χ0) is 42.3. The topological polar surface area (TPSA) is 64.7 Å². The Morgan fingerprint density at radius 3 is 2.12 bits per heavy atom. The first kappa shape index (κ1) is 43.5. The Hall–Kier alpha value is -6.66. The van der Waals surface area contributed by atoms with Crippen LogP contribution in [0.2, 0.25) is 20.5 Å². The fourth-order valence-electron chi connectivity index (χ4n) is 6.71. The van der Waals surface area contributed by atoms with Crippen LogP contribution in [-0.4, -0.2) is 47.4 Å². The van der Waals surface area contributed by atoms with Crippen LogP contribution in [0.1, 0.15) is 60.6 Å². The summed E-state index contributed by atoms with van der Waals surface area (Å²) >= 11 is 0. The summed E-state index contributed by atoms with van der Waals surface area (Å²) in [5, 5.41) is 2.26. The monoisotopic (exact) mass is 766 g/mol. The number of fused-ring (bicyclic) bond motifs is 2. The van der Waals surface area contributed by atoms with E-state index in [1.54, 1.807) is 18.2 Å². The summed E-state index contributed by atoms with van der Waals surface area (Å²) in [6.07, 6.45) is 31.2. The molecule has 5 nitrogen and oxygen atoms in total. The maximum absolute atomic E-state index is 6.38. The van der Waals surface area contributed by atoms with Gasteiger partial charge in [0.2, 0.25) is 0 Å². The average Bonchev–Trinajstić information content (AvgIpc) is 3.69. The molecule has 0 bridgehead atoms. The number of benzene rings is 3. The van der Waals surface area contributed by atoms with Crippen molar-refractivity contribution in [3.05, 3.63) is 181 Å². The van der Waals surface area contributed by atoms with Crippen molar-refractivity contribution in [2.45, 2.75) is 41.2 Å². The average molecular weight is 766 g/mol. The molecule has 5 rings (SSSR count). The molecule has 5 aromatic rings. The Morgan fingerprint density at radius 2 is 1.46 bits per heavy atom. The summed E-state index contributed by atoms with van der Waals surface area (Å²) in [5.74, 6) is 4.16. The third kappa shape index (κ3) is 10.1. The molecule has 2 aromatic heterocycles. The number of oxazole rings is 1. The van der Waals surface area contributed by atoms with Crippen LogP contribution in [0.15, 0.2) is 146 Å². The van der Waals surface area contributed by atoms with Gasteiger partial charge < -0.3 is 0 Å². The van der Waals surface area contributed by atoms with Crippen molar-refractivity contribution in [1.82, 2.24) is 19.9 Å². The third-order valence-corrected chi connectivity index (χ3v) is 9.59. The number of allylic oxidation sites excluding steroid dienone is 16. The Labute approximate surface area is 352 Å². The van der Waals surface area contributed by atoms with Gasteiger partial charge in [-0.05, 0) is 58.5 Å². The van der Waals surface area contributed by atoms with Gasteiger partial charge in [0, 0.05) is 0 Å². The van der Waals surface area contributed by atoms with E-state index in [2.05, 4.69) is 83.8 Å². The number of rotatable bonds is 17. The first-order valence-corrected chi connectivity index (χ1v) is 19.7. The minimum absolute atomic E-state index is 0.520. The molecule has 0 saturated heterocycles. The van der Waals surface area contributed by atoms with E-state index in [4.69, 9.17) is 24.4 Å². The molecule has 59 heavy (non-hydrogen) atoms. The Bertz CT molecular complexity index is 2700. The van der Waals surface area contributed by atoms with Crippen LogP contribution < -0.4 is 5.46 Å². The van der Waals surface area contributed by atoms with Gasteiger partial charge in [0.25, 0.3) is 0 Å². The Morgan fingerprint density at radius 1 is 0.712 bits per heavy atom. The fraction of sp³-hybridized carbons (Fsp3) is 0.118. The summed E-state index contributed by atoms with van der Waals surface area (Å²) in [6, 6.07) is 12.4. The van der Waals surface area contributed by atoms with Gasteiger partial charge in [0.1, 0.15) is 7.28 Å². The van der Waals surface area contributed by atoms with E-state index in [1.165, 1.54) is 0 Å². The summed E-state index contributed by atoms with van der Waals surface area (Å²) in [6.45, 7) is 29.9. The van der Waals surface area contributed by atoms with Gasteiger partial charge in [0.05, 0.1) is 0 Å². The second-order valence-corrected chi connectivity index (χ2v) is 13.4. The molecule has 3 aromatic carbocycles. The molecule has 0 aliphatic heterocycles. The van der Waals surface area contributed by atoms with E-state index >= 15 is 0 Å². The van der Waals surface area contributed by atoms with Gasteiger partial charge in [-0.15, -0.1) is 0 Å². The van der Waals surface area contributed by atoms with Crippen LogP contribution in [0.4, 0.5) is 0 Å². The second kappa shape index (κ2) is 21.2. The van der Waals surface area contributed by atoms with E-state index in [1.807, 2.05) is 127 Å². The fourth-order valence-corrected chi connectivity index (χ4v) is 6.71. The molecule has 0 amide bonds. The van der Waals surface area contributed by atoms with E-state index in [0.29, 0.717) is 34.5 Å². The van der Waals surface area contributed by atoms with Crippen LogP contribution in [-0.2, 0) is 0 Å². The van der Waals surface area contributed by atoms with Crippen molar-refractivity contribution in [3.8, 4) is 11.4 Å². The normalized spacial score (nSPS) is 13.1. The minimum atomic E-state index is 0.520. The van der Waals surface area contributed by atoms with Crippen molar-refractivity contribution >= 4 is 95.2 Å². The first-order chi connectivity index (χ1) is 28.8. The van der Waals surface area contributed by atoms with Crippen molar-refractivity contribution in [3.63, 3.8) is 0 Å². The SMILES string of the molecule is C=C/C=C\C=C(/[B]C)c1nc(/C(C=BC)=C/C=C\C)nc(-c2ccc3oc(C(/C=C(\C)c4ccc5c([B]C)c(/C=C\C=C)c(/C=C\C=C)c(C=C)c5c4)=C/C)nc3c2)n1. The van der Waals surface area contributed by atoms with Gasteiger partial charge >= 0.3 is 201 Å². The van der Waals surface area contributed by atoms with Crippen molar-refractivity contribution < 1.29 is 4.42 Å². The van der Waals surface area contributed by atoms with Crippen LogP contribution in [0.3, 0.4) is 0 Å². The van der Waals surface area contributed by atoms with Crippen molar-refractivity contribution in [1.29, 1.82) is 0 Å². The molecule has 0 aliphatic carbocycles. The van der Waals surface area contributed by atoms with Gasteiger partial charge in [-0.2, -0.15) is 0 Å². The van der Waals surface area contributed by atoms with E-state index in [0.717, 1.165) is 66.2 Å². The van der Waals surface area contributed by atoms with Gasteiger partial charge in [-0.1, -0.05) is 86.7 Å². The zero-order valence-electron chi connectivity index (χ0n) is 35.0. The second-order valence-electron chi connectivity index (χ2n) is 13.4. The van der Waals surface area contributed by atoms with Crippen LogP contribution in [0.25, 0.3) is 73.7 Å². The quantitative estimate of drug-likeness (QED) is 0.0697. The number of hydrogen-bond acceptors (Lipinski definition) is 5. The molecule has 0 aliphatic rings. The molecule has 0 unspecified atom stereocenters. The van der Waals surface area contributed by atoms with Crippen molar-refractivity contribution in [2.75, 3.05) is 0 Å². The van der Waals surface area contributed by atoms with E-state index in [9.17, 15) is 0 Å². The molecule has 0 fully saturated rings. The number of nitrogens with zero attached hydrogens (tertiary/aromatic N) is 4. The zero-order valence-corrected chi connectivity index (χ0v) is 35.0. The van der Waals surface area contributed by atoms with E-state index < -0.39 is 0 Å². The predicted octanol–water partition coefficient (Wildman–Crippen LogP) is 12.1. The molecule has 288 valence electrons. The molecule has 0 spiro atoms. The Balaban J connectivity index is 1.60. The van der Waals surface area contributed by atoms with Crippen LogP contribution >= 0.6 is 0 Å². The summed E-state index contributed by atoms with van der Waals surface area (Å²) in [4.78, 5) is 19.8. The summed E-state index contributed by atoms with van der Waals surface area (Å²) in [7, 11) is 4.14. The molecule has 2 heterocycles. The van der Waals surface area contributed by atoms with Crippen molar-refractivity contribution in [2.24, 2.45) is 0 Å². The number of aromatic nitrogens is 4. The third-order valence-electron chi connectivity index (χ3n) is 9.59. The molecule has 0 N–H and O–H groups in total. The summed E-state index contributed by atoms with van der Waals surface area (Å²) in [5.41, 5.74) is 11.3. The molecule has 8 heteroatoms. The van der Waals surface area contributed by atoms with Crippen LogP contribution in [0.5, 0.6) is 0 Å². The molecule has 0 atom stereocenters. The molecule has 2 radical (unpaired) electrons. The van der Waals surface area contributed by atoms with Gasteiger partial charge in [-0.3, -0.25) is 0 Å². The molecule has 0 saturated carbocycles. The number of hydrogen-bond donors (Lipinski definition) is 0. The molecular formula is C51H49B3N4O. The summed E-state index contributed by atoms with van der Waals surface area (Å²) < 4.78 is 6.38. The maximum atomic E-state index is 6.38. The predicted molar refractivity (Wildman–Crippen MR) is 263 cm³/mol. The van der Waals surface area contributed by atoms with E-state index in [-0.39, 0.29) is 0 Å². The first-order valence-electron chi connectivity index (χ1n) is 19.7. The van der Waals surface area contributed by atoms with Crippen LogP contribution in [0, 0.1) is 0 Å². The Kier molecular flexibility index (Phi) is 15.6. The molecular weight excluding hydrogens is 717 g/mol. The standard InChI is InChI=1S/C51H49B3N4O/c1-11-17-21-25-44(53-9)50-57-48(56-49(58-50)38(33-52-8)22-18-12-2)37-27-29-46-45(32-37)55-51(59-46)35(15-5)30-34(7)36-26-28-42-43(31-36)39(16-6)40(23-19-13-3)41(24-20-14-4)47(42)54-10/h11-33H,1,3-4,6H2,2,5,7-10H3/b18-12-,21-17-,23-19-,24-20-,34-30+,35-15+,38-22+,44-25-. The van der Waals surface area contributed by atoms with Gasteiger partial charge in [0.15, 0.2) is 0 Å².